The monoisotopic (exact) mass is 820 g/mol. The fourth-order valence-electron chi connectivity index (χ4n) is 8.07. The number of amides is 4. The third-order valence-corrected chi connectivity index (χ3v) is 11.6. The number of carbonyl (C=O) groups is 5. The summed E-state index contributed by atoms with van der Waals surface area (Å²) in [5.41, 5.74) is 5.22. The number of ketones is 1. The highest BCUT2D eigenvalue weighted by Crippen LogP contribution is 2.34. The predicted octanol–water partition coefficient (Wildman–Crippen LogP) is 4.06. The number of imide groups is 1. The van der Waals surface area contributed by atoms with E-state index in [4.69, 9.17) is 16.3 Å². The Morgan fingerprint density at radius 3 is 2.32 bits per heavy atom. The Kier molecular flexibility index (Phi) is 11.3. The molecule has 59 heavy (non-hydrogen) atoms. The van der Waals surface area contributed by atoms with Crippen LogP contribution in [0.25, 0.3) is 0 Å². The molecule has 1 aromatic heterocycles. The molecule has 0 bridgehead atoms. The summed E-state index contributed by atoms with van der Waals surface area (Å²) in [7, 11) is 1.60. The van der Waals surface area contributed by atoms with Gasteiger partial charge in [-0.15, -0.1) is 0 Å². The van der Waals surface area contributed by atoms with E-state index in [-0.39, 0.29) is 35.9 Å². The van der Waals surface area contributed by atoms with Crippen LogP contribution in [0.2, 0.25) is 5.02 Å². The van der Waals surface area contributed by atoms with E-state index in [2.05, 4.69) is 40.6 Å². The summed E-state index contributed by atoms with van der Waals surface area (Å²) in [6.07, 6.45) is 2.04. The van der Waals surface area contributed by atoms with Crippen molar-refractivity contribution >= 4 is 75.5 Å². The predicted molar refractivity (Wildman–Crippen MR) is 223 cm³/mol. The summed E-state index contributed by atoms with van der Waals surface area (Å²) < 4.78 is 5.74. The van der Waals surface area contributed by atoms with Gasteiger partial charge in [-0.25, -0.2) is 4.98 Å². The van der Waals surface area contributed by atoms with Crippen LogP contribution in [0.15, 0.2) is 66.9 Å². The van der Waals surface area contributed by atoms with Crippen molar-refractivity contribution in [1.29, 1.82) is 0 Å². The van der Waals surface area contributed by atoms with Crippen molar-refractivity contribution in [3.63, 3.8) is 0 Å². The van der Waals surface area contributed by atoms with Crippen molar-refractivity contribution in [2.24, 2.45) is 0 Å². The van der Waals surface area contributed by atoms with Crippen LogP contribution < -0.4 is 30.5 Å². The van der Waals surface area contributed by atoms with Crippen LogP contribution in [0.3, 0.4) is 0 Å². The van der Waals surface area contributed by atoms with Gasteiger partial charge in [0.05, 0.1) is 31.2 Å². The Morgan fingerprint density at radius 1 is 0.881 bits per heavy atom. The zero-order valence-electron chi connectivity index (χ0n) is 32.9. The summed E-state index contributed by atoms with van der Waals surface area (Å²) in [6.45, 7) is 7.71. The lowest BCUT2D eigenvalue weighted by Gasteiger charge is -2.39. The number of rotatable bonds is 11. The SMILES string of the molecule is COc1cc(N2CCN(C(=O)CN3CCN(c4ccc5c(c4)CN(C4CCC(=O)NC4=O)C5=O)CC3)CC2)ccc1Nc1ncc(Cl)c(Nc2ccccc2C(C)=O)n1. The first-order chi connectivity index (χ1) is 28.5. The Morgan fingerprint density at radius 2 is 1.59 bits per heavy atom. The van der Waals surface area contributed by atoms with Crippen molar-refractivity contribution in [2.45, 2.75) is 32.4 Å². The topological polar surface area (TPSA) is 173 Å². The molecular weight excluding hydrogens is 776 g/mol. The lowest BCUT2D eigenvalue weighted by Crippen LogP contribution is -2.54. The number of halogens is 1. The van der Waals surface area contributed by atoms with Gasteiger partial charge in [0.1, 0.15) is 16.8 Å². The number of hydrogen-bond donors (Lipinski definition) is 3. The molecule has 4 aromatic rings. The highest BCUT2D eigenvalue weighted by molar-refractivity contribution is 6.33. The molecule has 8 rings (SSSR count). The molecule has 5 heterocycles. The Labute approximate surface area is 346 Å². The van der Waals surface area contributed by atoms with Gasteiger partial charge in [-0.2, -0.15) is 4.98 Å². The largest absolute Gasteiger partial charge is 0.494 e. The van der Waals surface area contributed by atoms with Crippen LogP contribution in [0.1, 0.15) is 46.0 Å². The van der Waals surface area contributed by atoms with E-state index < -0.39 is 11.9 Å². The number of anilines is 6. The molecule has 1 unspecified atom stereocenters. The number of ether oxygens (including phenoxy) is 1. The molecule has 0 radical (unpaired) electrons. The minimum absolute atomic E-state index is 0.0840. The fourth-order valence-corrected chi connectivity index (χ4v) is 8.21. The number of para-hydroxylation sites is 1. The number of aromatic nitrogens is 2. The molecule has 3 aromatic carbocycles. The molecule has 4 aliphatic rings. The van der Waals surface area contributed by atoms with Gasteiger partial charge in [0.25, 0.3) is 5.91 Å². The van der Waals surface area contributed by atoms with E-state index in [9.17, 15) is 24.0 Å². The van der Waals surface area contributed by atoms with E-state index in [1.807, 2.05) is 47.4 Å². The Balaban J connectivity index is 0.815. The second-order valence-electron chi connectivity index (χ2n) is 15.0. The van der Waals surface area contributed by atoms with Crippen molar-refractivity contribution in [3.8, 4) is 5.75 Å². The van der Waals surface area contributed by atoms with E-state index in [0.717, 1.165) is 43.1 Å². The molecule has 3 N–H and O–H groups in total. The molecular formula is C42H45ClN10O6. The third-order valence-electron chi connectivity index (χ3n) is 11.3. The van der Waals surface area contributed by atoms with Crippen LogP contribution in [0.4, 0.5) is 34.5 Å². The maximum atomic E-state index is 13.4. The molecule has 1 atom stereocenters. The summed E-state index contributed by atoms with van der Waals surface area (Å²) in [5.74, 6) is 0.363. The van der Waals surface area contributed by atoms with Crippen molar-refractivity contribution in [2.75, 3.05) is 86.4 Å². The number of benzene rings is 3. The van der Waals surface area contributed by atoms with Gasteiger partial charge in [-0.05, 0) is 61.4 Å². The first-order valence-corrected chi connectivity index (χ1v) is 20.0. The normalized spacial score (nSPS) is 18.4. The first kappa shape index (κ1) is 39.6. The maximum Gasteiger partial charge on any atom is 0.255 e. The second-order valence-corrected chi connectivity index (χ2v) is 15.4. The highest BCUT2D eigenvalue weighted by Gasteiger charge is 2.39. The molecule has 3 fully saturated rings. The third kappa shape index (κ3) is 8.50. The van der Waals surface area contributed by atoms with Crippen molar-refractivity contribution in [1.82, 2.24) is 30.0 Å². The van der Waals surface area contributed by atoms with E-state index in [0.29, 0.717) is 84.8 Å². The van der Waals surface area contributed by atoms with Crippen molar-refractivity contribution in [3.05, 3.63) is 88.6 Å². The molecule has 3 saturated heterocycles. The lowest BCUT2D eigenvalue weighted by atomic mass is 10.0. The maximum absolute atomic E-state index is 13.4. The zero-order chi connectivity index (χ0) is 41.2. The molecule has 0 spiro atoms. The first-order valence-electron chi connectivity index (χ1n) is 19.7. The summed E-state index contributed by atoms with van der Waals surface area (Å²) >= 11 is 6.41. The number of methoxy groups -OCH3 is 1. The van der Waals surface area contributed by atoms with Gasteiger partial charge in [0.15, 0.2) is 11.6 Å². The van der Waals surface area contributed by atoms with Crippen molar-refractivity contribution < 1.29 is 28.7 Å². The standard InChI is InChI=1S/C42H45ClN10O6/c1-26(54)30-5-3-4-6-33(30)45-39-32(43)23-44-42(48-39)46-34-10-8-29(22-36(34)59-2)51-17-19-52(20-18-51)38(56)25-49-13-15-50(16-14-49)28-7-9-31-27(21-28)24-53(41(31)58)35-11-12-37(55)47-40(35)57/h3-10,21-23,35H,11-20,24-25H2,1-2H3,(H,47,55,57)(H2,44,45,46,48). The average molecular weight is 821 g/mol. The number of Topliss-reactive ketones (excluding diaryl/α,β-unsaturated/α-hetero) is 1. The minimum Gasteiger partial charge on any atom is -0.494 e. The van der Waals surface area contributed by atoms with E-state index >= 15 is 0 Å². The molecule has 4 aliphatic heterocycles. The van der Waals surface area contributed by atoms with Gasteiger partial charge in [-0.3, -0.25) is 34.2 Å². The number of fused-ring (bicyclic) bond motifs is 1. The molecule has 0 aliphatic carbocycles. The number of piperazine rings is 2. The number of nitrogens with zero attached hydrogens (tertiary/aromatic N) is 7. The summed E-state index contributed by atoms with van der Waals surface area (Å²) in [6, 6.07) is 18.2. The van der Waals surface area contributed by atoms with Crippen LogP contribution >= 0.6 is 11.6 Å². The smallest absolute Gasteiger partial charge is 0.255 e. The van der Waals surface area contributed by atoms with Crippen LogP contribution in [0, 0.1) is 0 Å². The van der Waals surface area contributed by atoms with Crippen LogP contribution in [0.5, 0.6) is 5.75 Å². The Hall–Kier alpha value is -6.26. The number of carbonyl (C=O) groups excluding carboxylic acids is 5. The fraction of sp³-hybridized carbons (Fsp3) is 0.357. The summed E-state index contributed by atoms with van der Waals surface area (Å²) in [4.78, 5) is 81.8. The van der Waals surface area contributed by atoms with E-state index in [1.54, 1.807) is 30.2 Å². The van der Waals surface area contributed by atoms with Gasteiger partial charge in [-0.1, -0.05) is 23.7 Å². The van der Waals surface area contributed by atoms with Crippen LogP contribution in [-0.2, 0) is 20.9 Å². The quantitative estimate of drug-likeness (QED) is 0.146. The van der Waals surface area contributed by atoms with E-state index in [1.165, 1.54) is 13.1 Å². The zero-order valence-corrected chi connectivity index (χ0v) is 33.6. The van der Waals surface area contributed by atoms with Gasteiger partial charge in [0.2, 0.25) is 23.7 Å². The molecule has 0 saturated carbocycles. The average Bonchev–Trinajstić information content (AvgIpc) is 3.57. The number of piperidine rings is 1. The molecule has 4 amide bonds. The number of hydrogen-bond acceptors (Lipinski definition) is 13. The van der Waals surface area contributed by atoms with Gasteiger partial charge in [0, 0.05) is 93.9 Å². The highest BCUT2D eigenvalue weighted by atomic mass is 35.5. The lowest BCUT2D eigenvalue weighted by molar-refractivity contribution is -0.137. The number of nitrogens with one attached hydrogen (secondary N) is 3. The van der Waals surface area contributed by atoms with Crippen LogP contribution in [-0.4, -0.2) is 126 Å². The molecule has 16 nitrogen and oxygen atoms in total. The molecule has 306 valence electrons. The molecule has 17 heteroatoms. The van der Waals surface area contributed by atoms with Gasteiger partial charge >= 0.3 is 0 Å². The van der Waals surface area contributed by atoms with Gasteiger partial charge < -0.3 is 35.0 Å². The summed E-state index contributed by atoms with van der Waals surface area (Å²) in [5, 5.41) is 9.02. The second kappa shape index (κ2) is 16.9. The Bertz CT molecular complexity index is 2310. The minimum atomic E-state index is -0.639.